The Hall–Kier alpha value is -1.53. The summed E-state index contributed by atoms with van der Waals surface area (Å²) in [5.41, 5.74) is 0.848. The molecular weight excluding hydrogens is 256 g/mol. The Bertz CT molecular complexity index is 439. The Morgan fingerprint density at radius 1 is 1.42 bits per heavy atom. The van der Waals surface area contributed by atoms with Crippen LogP contribution in [0.15, 0.2) is 30.3 Å². The number of cyclic esters (lactones) is 1. The van der Waals surface area contributed by atoms with E-state index in [0.29, 0.717) is 0 Å². The standard InChI is InChI=1S/C13H15F2NO3/c14-13(15)6-10(19-12(13)18)7-16-11(8-17)9-4-2-1-3-5-9/h1-5,10-11,16-17H,6-8H2. The predicted octanol–water partition coefficient (Wildman–Crippen LogP) is 1.26. The fourth-order valence-corrected chi connectivity index (χ4v) is 2.01. The number of hydrogen-bond donors (Lipinski definition) is 2. The minimum Gasteiger partial charge on any atom is -0.456 e. The van der Waals surface area contributed by atoms with E-state index < -0.39 is 24.4 Å². The first-order valence-corrected chi connectivity index (χ1v) is 6.01. The maximum absolute atomic E-state index is 13.0. The Kier molecular flexibility index (Phi) is 4.11. The molecule has 2 atom stereocenters. The maximum Gasteiger partial charge on any atom is 0.377 e. The third kappa shape index (κ3) is 3.27. The van der Waals surface area contributed by atoms with E-state index in [1.165, 1.54) is 0 Å². The molecule has 1 saturated heterocycles. The van der Waals surface area contributed by atoms with Crippen molar-refractivity contribution in [2.24, 2.45) is 0 Å². The largest absolute Gasteiger partial charge is 0.456 e. The first kappa shape index (κ1) is 13.9. The molecule has 1 aromatic rings. The SMILES string of the molecule is O=C1OC(CNC(CO)c2ccccc2)CC1(F)F. The molecule has 1 fully saturated rings. The summed E-state index contributed by atoms with van der Waals surface area (Å²) in [6.07, 6.45) is -1.48. The first-order chi connectivity index (χ1) is 9.03. The van der Waals surface area contributed by atoms with E-state index >= 15 is 0 Å². The number of halogens is 2. The van der Waals surface area contributed by atoms with E-state index in [0.717, 1.165) is 5.56 Å². The third-order valence-electron chi connectivity index (χ3n) is 3.03. The molecule has 0 bridgehead atoms. The zero-order valence-electron chi connectivity index (χ0n) is 10.2. The summed E-state index contributed by atoms with van der Waals surface area (Å²) in [6.45, 7) is -0.0808. The average Bonchev–Trinajstić information content (AvgIpc) is 2.65. The van der Waals surface area contributed by atoms with Crippen molar-refractivity contribution in [3.8, 4) is 0 Å². The molecule has 4 nitrogen and oxygen atoms in total. The number of alkyl halides is 2. The number of aliphatic hydroxyl groups is 1. The van der Waals surface area contributed by atoms with Crippen molar-refractivity contribution in [1.29, 1.82) is 0 Å². The van der Waals surface area contributed by atoms with E-state index in [-0.39, 0.29) is 19.2 Å². The van der Waals surface area contributed by atoms with Crippen LogP contribution in [0, 0.1) is 0 Å². The molecule has 1 aliphatic heterocycles. The molecule has 2 N–H and O–H groups in total. The van der Waals surface area contributed by atoms with Gasteiger partial charge in [0.2, 0.25) is 0 Å². The van der Waals surface area contributed by atoms with Gasteiger partial charge in [-0.05, 0) is 5.56 Å². The lowest BCUT2D eigenvalue weighted by Gasteiger charge is -2.18. The van der Waals surface area contributed by atoms with Gasteiger partial charge in [-0.15, -0.1) is 0 Å². The van der Waals surface area contributed by atoms with Gasteiger partial charge < -0.3 is 15.2 Å². The quantitative estimate of drug-likeness (QED) is 0.792. The highest BCUT2D eigenvalue weighted by Crippen LogP contribution is 2.30. The van der Waals surface area contributed by atoms with E-state index in [9.17, 15) is 18.7 Å². The fraction of sp³-hybridized carbons (Fsp3) is 0.462. The van der Waals surface area contributed by atoms with Crippen molar-refractivity contribution < 1.29 is 23.4 Å². The van der Waals surface area contributed by atoms with Gasteiger partial charge in [0.1, 0.15) is 6.10 Å². The lowest BCUT2D eigenvalue weighted by atomic mass is 10.1. The number of hydrogen-bond acceptors (Lipinski definition) is 4. The van der Waals surface area contributed by atoms with Crippen molar-refractivity contribution >= 4 is 5.97 Å². The first-order valence-electron chi connectivity index (χ1n) is 6.01. The van der Waals surface area contributed by atoms with Gasteiger partial charge >= 0.3 is 11.9 Å². The minimum absolute atomic E-state index is 0.0848. The van der Waals surface area contributed by atoms with Crippen molar-refractivity contribution in [3.05, 3.63) is 35.9 Å². The minimum atomic E-state index is -3.40. The second-order valence-electron chi connectivity index (χ2n) is 4.49. The number of carbonyl (C=O) groups is 1. The Balaban J connectivity index is 1.90. The lowest BCUT2D eigenvalue weighted by Crippen LogP contribution is -2.32. The summed E-state index contributed by atoms with van der Waals surface area (Å²) in [5, 5.41) is 12.2. The summed E-state index contributed by atoms with van der Waals surface area (Å²) in [7, 11) is 0. The highest BCUT2D eigenvalue weighted by Gasteiger charge is 2.50. The summed E-state index contributed by atoms with van der Waals surface area (Å²) >= 11 is 0. The molecule has 19 heavy (non-hydrogen) atoms. The number of benzene rings is 1. The second kappa shape index (κ2) is 5.63. The van der Waals surface area contributed by atoms with Gasteiger partial charge in [-0.1, -0.05) is 30.3 Å². The molecule has 0 aliphatic carbocycles. The van der Waals surface area contributed by atoms with Crippen LogP contribution in [-0.4, -0.2) is 36.3 Å². The summed E-state index contributed by atoms with van der Waals surface area (Å²) in [5.74, 6) is -4.87. The molecule has 1 aliphatic rings. The molecule has 1 heterocycles. The van der Waals surface area contributed by atoms with Gasteiger partial charge in [0, 0.05) is 6.54 Å². The van der Waals surface area contributed by atoms with Crippen LogP contribution in [0.5, 0.6) is 0 Å². The molecule has 2 rings (SSSR count). The summed E-state index contributed by atoms with van der Waals surface area (Å²) in [6, 6.07) is 8.77. The number of ether oxygens (including phenoxy) is 1. The zero-order chi connectivity index (χ0) is 13.9. The highest BCUT2D eigenvalue weighted by atomic mass is 19.3. The van der Waals surface area contributed by atoms with Gasteiger partial charge in [-0.25, -0.2) is 4.79 Å². The zero-order valence-corrected chi connectivity index (χ0v) is 10.2. The molecule has 0 saturated carbocycles. The van der Waals surface area contributed by atoms with Gasteiger partial charge in [0.25, 0.3) is 0 Å². The van der Waals surface area contributed by atoms with Crippen LogP contribution < -0.4 is 5.32 Å². The molecule has 0 radical (unpaired) electrons. The normalized spacial score (nSPS) is 23.1. The number of carbonyl (C=O) groups excluding carboxylic acids is 1. The predicted molar refractivity (Wildman–Crippen MR) is 63.7 cm³/mol. The van der Waals surface area contributed by atoms with Crippen LogP contribution >= 0.6 is 0 Å². The molecule has 104 valence electrons. The van der Waals surface area contributed by atoms with Crippen LogP contribution in [0.25, 0.3) is 0 Å². The molecule has 0 amide bonds. The molecular formula is C13H15F2NO3. The lowest BCUT2D eigenvalue weighted by molar-refractivity contribution is -0.159. The van der Waals surface area contributed by atoms with Gasteiger partial charge in [-0.3, -0.25) is 0 Å². The van der Waals surface area contributed by atoms with Crippen LogP contribution in [0.3, 0.4) is 0 Å². The molecule has 6 heteroatoms. The van der Waals surface area contributed by atoms with Crippen molar-refractivity contribution in [2.75, 3.05) is 13.2 Å². The monoisotopic (exact) mass is 271 g/mol. The van der Waals surface area contributed by atoms with Crippen LogP contribution in [0.2, 0.25) is 0 Å². The third-order valence-corrected chi connectivity index (χ3v) is 3.03. The van der Waals surface area contributed by atoms with Crippen LogP contribution in [-0.2, 0) is 9.53 Å². The Morgan fingerprint density at radius 3 is 2.63 bits per heavy atom. The molecule has 2 unspecified atom stereocenters. The summed E-state index contributed by atoms with van der Waals surface area (Å²) < 4.78 is 30.5. The number of nitrogens with one attached hydrogen (secondary N) is 1. The Labute approximate surface area is 109 Å². The van der Waals surface area contributed by atoms with Crippen molar-refractivity contribution in [2.45, 2.75) is 24.5 Å². The number of esters is 1. The van der Waals surface area contributed by atoms with Crippen LogP contribution in [0.1, 0.15) is 18.0 Å². The maximum atomic E-state index is 13.0. The van der Waals surface area contributed by atoms with Crippen molar-refractivity contribution in [3.63, 3.8) is 0 Å². The topological polar surface area (TPSA) is 58.6 Å². The molecule has 0 spiro atoms. The van der Waals surface area contributed by atoms with E-state index in [1.807, 2.05) is 30.3 Å². The summed E-state index contributed by atoms with van der Waals surface area (Å²) in [4.78, 5) is 10.8. The van der Waals surface area contributed by atoms with Gasteiger partial charge in [0.15, 0.2) is 0 Å². The van der Waals surface area contributed by atoms with E-state index in [1.54, 1.807) is 0 Å². The number of aliphatic hydroxyl groups excluding tert-OH is 1. The van der Waals surface area contributed by atoms with Crippen LogP contribution in [0.4, 0.5) is 8.78 Å². The van der Waals surface area contributed by atoms with E-state index in [4.69, 9.17) is 0 Å². The smallest absolute Gasteiger partial charge is 0.377 e. The molecule has 0 aromatic heterocycles. The average molecular weight is 271 g/mol. The fourth-order valence-electron chi connectivity index (χ4n) is 2.01. The van der Waals surface area contributed by atoms with Gasteiger partial charge in [-0.2, -0.15) is 8.78 Å². The highest BCUT2D eigenvalue weighted by molar-refractivity contribution is 5.79. The molecule has 1 aromatic carbocycles. The van der Waals surface area contributed by atoms with E-state index in [2.05, 4.69) is 10.1 Å². The second-order valence-corrected chi connectivity index (χ2v) is 4.49. The van der Waals surface area contributed by atoms with Gasteiger partial charge in [0.05, 0.1) is 19.1 Å². The number of rotatable bonds is 5. The van der Waals surface area contributed by atoms with Crippen molar-refractivity contribution in [1.82, 2.24) is 5.32 Å². The Morgan fingerprint density at radius 2 is 2.11 bits per heavy atom.